The number of halogens is 1. The van der Waals surface area contributed by atoms with Crippen molar-refractivity contribution in [3.05, 3.63) is 22.7 Å². The average molecular weight is 213 g/mol. The van der Waals surface area contributed by atoms with E-state index in [2.05, 4.69) is 9.97 Å². The zero-order valence-electron chi connectivity index (χ0n) is 8.16. The number of hydrogen-bond acceptors (Lipinski definition) is 3. The lowest BCUT2D eigenvalue weighted by Crippen LogP contribution is -2.15. The highest BCUT2D eigenvalue weighted by Crippen LogP contribution is 2.26. The summed E-state index contributed by atoms with van der Waals surface area (Å²) >= 11 is 5.89. The van der Waals surface area contributed by atoms with E-state index in [1.807, 2.05) is 13.0 Å². The molecule has 1 aliphatic heterocycles. The summed E-state index contributed by atoms with van der Waals surface area (Å²) in [6.07, 6.45) is 2.07. The van der Waals surface area contributed by atoms with Gasteiger partial charge in [-0.3, -0.25) is 0 Å². The number of rotatable bonds is 1. The Labute approximate surface area is 88.5 Å². The molecule has 0 saturated carbocycles. The van der Waals surface area contributed by atoms with Gasteiger partial charge in [-0.25, -0.2) is 9.97 Å². The largest absolute Gasteiger partial charge is 0.381 e. The fourth-order valence-corrected chi connectivity index (χ4v) is 1.99. The first-order valence-electron chi connectivity index (χ1n) is 4.84. The average Bonchev–Trinajstić information content (AvgIpc) is 2.18. The Bertz CT molecular complexity index is 304. The zero-order valence-corrected chi connectivity index (χ0v) is 8.92. The Morgan fingerprint density at radius 2 is 2.07 bits per heavy atom. The van der Waals surface area contributed by atoms with Crippen LogP contribution in [0.25, 0.3) is 0 Å². The van der Waals surface area contributed by atoms with Crippen molar-refractivity contribution in [2.24, 2.45) is 0 Å². The molecule has 0 amide bonds. The minimum absolute atomic E-state index is 0.489. The van der Waals surface area contributed by atoms with Gasteiger partial charge in [0.25, 0.3) is 0 Å². The summed E-state index contributed by atoms with van der Waals surface area (Å²) in [4.78, 5) is 8.46. The lowest BCUT2D eigenvalue weighted by Gasteiger charge is -2.21. The molecule has 0 N–H and O–H groups in total. The quantitative estimate of drug-likeness (QED) is 0.671. The summed E-state index contributed by atoms with van der Waals surface area (Å²) in [6, 6.07) is 1.87. The van der Waals surface area contributed by atoms with Crippen LogP contribution in [0, 0.1) is 6.92 Å². The lowest BCUT2D eigenvalue weighted by atomic mass is 9.96. The van der Waals surface area contributed by atoms with Gasteiger partial charge in [-0.05, 0) is 25.8 Å². The molecule has 1 aromatic heterocycles. The van der Waals surface area contributed by atoms with Crippen LogP contribution < -0.4 is 0 Å². The monoisotopic (exact) mass is 212 g/mol. The SMILES string of the molecule is Cc1nc(Cl)cc(C2CCOCC2)n1. The number of nitrogens with zero attached hydrogens (tertiary/aromatic N) is 2. The van der Waals surface area contributed by atoms with Gasteiger partial charge in [0.1, 0.15) is 11.0 Å². The van der Waals surface area contributed by atoms with E-state index in [1.165, 1.54) is 0 Å². The van der Waals surface area contributed by atoms with Crippen LogP contribution >= 0.6 is 11.6 Å². The summed E-state index contributed by atoms with van der Waals surface area (Å²) in [5.41, 5.74) is 1.06. The normalized spacial score (nSPS) is 18.4. The molecule has 0 bridgehead atoms. The molecule has 0 aliphatic carbocycles. The maximum atomic E-state index is 5.89. The maximum absolute atomic E-state index is 5.89. The molecule has 0 spiro atoms. The summed E-state index contributed by atoms with van der Waals surface area (Å²) in [7, 11) is 0. The first-order valence-corrected chi connectivity index (χ1v) is 5.22. The standard InChI is InChI=1S/C10H13ClN2O/c1-7-12-9(6-10(11)13-7)8-2-4-14-5-3-8/h6,8H,2-5H2,1H3. The van der Waals surface area contributed by atoms with Crippen LogP contribution in [0.15, 0.2) is 6.07 Å². The van der Waals surface area contributed by atoms with Crippen LogP contribution in [-0.2, 0) is 4.74 Å². The second-order valence-electron chi connectivity index (χ2n) is 3.55. The van der Waals surface area contributed by atoms with Crippen molar-refractivity contribution in [2.75, 3.05) is 13.2 Å². The van der Waals surface area contributed by atoms with Gasteiger partial charge < -0.3 is 4.74 Å². The highest BCUT2D eigenvalue weighted by molar-refractivity contribution is 6.29. The third-order valence-electron chi connectivity index (χ3n) is 2.47. The van der Waals surface area contributed by atoms with Crippen molar-refractivity contribution in [3.8, 4) is 0 Å². The van der Waals surface area contributed by atoms with E-state index in [1.54, 1.807) is 0 Å². The molecule has 3 nitrogen and oxygen atoms in total. The van der Waals surface area contributed by atoms with Crippen molar-refractivity contribution < 1.29 is 4.74 Å². The van der Waals surface area contributed by atoms with Crippen LogP contribution in [0.3, 0.4) is 0 Å². The summed E-state index contributed by atoms with van der Waals surface area (Å²) in [5.74, 6) is 1.24. The van der Waals surface area contributed by atoms with Crippen molar-refractivity contribution in [2.45, 2.75) is 25.7 Å². The molecule has 2 heterocycles. The van der Waals surface area contributed by atoms with Gasteiger partial charge in [0.05, 0.1) is 0 Å². The van der Waals surface area contributed by atoms with E-state index in [0.29, 0.717) is 11.1 Å². The van der Waals surface area contributed by atoms with Crippen LogP contribution in [0.4, 0.5) is 0 Å². The van der Waals surface area contributed by atoms with Crippen LogP contribution in [-0.4, -0.2) is 23.2 Å². The third-order valence-corrected chi connectivity index (χ3v) is 2.66. The Balaban J connectivity index is 2.21. The van der Waals surface area contributed by atoms with E-state index in [0.717, 1.165) is 37.6 Å². The third kappa shape index (κ3) is 2.22. The van der Waals surface area contributed by atoms with E-state index in [-0.39, 0.29) is 0 Å². The molecule has 1 saturated heterocycles. The molecule has 0 atom stereocenters. The van der Waals surface area contributed by atoms with Gasteiger partial charge in [-0.1, -0.05) is 11.6 Å². The molecule has 0 aromatic carbocycles. The number of aryl methyl sites for hydroxylation is 1. The highest BCUT2D eigenvalue weighted by atomic mass is 35.5. The minimum atomic E-state index is 0.489. The molecular weight excluding hydrogens is 200 g/mol. The molecule has 1 aromatic rings. The molecule has 1 fully saturated rings. The minimum Gasteiger partial charge on any atom is -0.381 e. The van der Waals surface area contributed by atoms with Gasteiger partial charge in [0.15, 0.2) is 0 Å². The van der Waals surface area contributed by atoms with Crippen molar-refractivity contribution >= 4 is 11.6 Å². The van der Waals surface area contributed by atoms with Gasteiger partial charge in [0, 0.05) is 24.8 Å². The molecule has 76 valence electrons. The van der Waals surface area contributed by atoms with Crippen LogP contribution in [0.5, 0.6) is 0 Å². The van der Waals surface area contributed by atoms with Crippen LogP contribution in [0.1, 0.15) is 30.3 Å². The van der Waals surface area contributed by atoms with E-state index < -0.39 is 0 Å². The Kier molecular flexibility index (Phi) is 2.99. The molecule has 1 aliphatic rings. The second kappa shape index (κ2) is 4.24. The summed E-state index contributed by atoms with van der Waals surface area (Å²) in [5, 5.41) is 0.541. The summed E-state index contributed by atoms with van der Waals surface area (Å²) in [6.45, 7) is 3.52. The van der Waals surface area contributed by atoms with E-state index in [9.17, 15) is 0 Å². The number of ether oxygens (including phenoxy) is 1. The predicted octanol–water partition coefficient (Wildman–Crippen LogP) is 2.33. The van der Waals surface area contributed by atoms with Crippen molar-refractivity contribution in [1.29, 1.82) is 0 Å². The molecule has 4 heteroatoms. The first kappa shape index (κ1) is 9.87. The smallest absolute Gasteiger partial charge is 0.133 e. The number of aromatic nitrogens is 2. The molecular formula is C10H13ClN2O. The van der Waals surface area contributed by atoms with Crippen LogP contribution in [0.2, 0.25) is 5.15 Å². The molecule has 2 rings (SSSR count). The Morgan fingerprint density at radius 1 is 1.36 bits per heavy atom. The zero-order chi connectivity index (χ0) is 9.97. The topological polar surface area (TPSA) is 35.0 Å². The number of hydrogen-bond donors (Lipinski definition) is 0. The fourth-order valence-electron chi connectivity index (χ4n) is 1.76. The van der Waals surface area contributed by atoms with Crippen molar-refractivity contribution in [3.63, 3.8) is 0 Å². The maximum Gasteiger partial charge on any atom is 0.133 e. The van der Waals surface area contributed by atoms with Gasteiger partial charge in [-0.15, -0.1) is 0 Å². The van der Waals surface area contributed by atoms with Crippen molar-refractivity contribution in [1.82, 2.24) is 9.97 Å². The predicted molar refractivity (Wildman–Crippen MR) is 54.6 cm³/mol. The van der Waals surface area contributed by atoms with E-state index in [4.69, 9.17) is 16.3 Å². The lowest BCUT2D eigenvalue weighted by molar-refractivity contribution is 0.0844. The van der Waals surface area contributed by atoms with Gasteiger partial charge in [-0.2, -0.15) is 0 Å². The second-order valence-corrected chi connectivity index (χ2v) is 3.94. The molecule has 0 radical (unpaired) electrons. The Morgan fingerprint density at radius 3 is 2.71 bits per heavy atom. The Hall–Kier alpha value is -0.670. The molecule has 0 unspecified atom stereocenters. The van der Waals surface area contributed by atoms with Gasteiger partial charge in [0.2, 0.25) is 0 Å². The van der Waals surface area contributed by atoms with Gasteiger partial charge >= 0.3 is 0 Å². The first-order chi connectivity index (χ1) is 6.75. The fraction of sp³-hybridized carbons (Fsp3) is 0.600. The molecule has 14 heavy (non-hydrogen) atoms. The highest BCUT2D eigenvalue weighted by Gasteiger charge is 2.17. The summed E-state index contributed by atoms with van der Waals surface area (Å²) < 4.78 is 5.31. The van der Waals surface area contributed by atoms with E-state index >= 15 is 0 Å².